The van der Waals surface area contributed by atoms with Gasteiger partial charge in [0.05, 0.1) is 10.1 Å². The Hall–Kier alpha value is -1.65. The molecule has 4 heteroatoms. The maximum absolute atomic E-state index is 12.7. The maximum atomic E-state index is 12.7. The molecule has 0 aromatic heterocycles. The van der Waals surface area contributed by atoms with Crippen molar-refractivity contribution in [3.05, 3.63) is 65.2 Å². The van der Waals surface area contributed by atoms with E-state index >= 15 is 0 Å². The van der Waals surface area contributed by atoms with Crippen LogP contribution >= 0.6 is 0 Å². The summed E-state index contributed by atoms with van der Waals surface area (Å²) in [5.74, 6) is -0.0998. The smallest absolute Gasteiger partial charge is 0.183 e. The van der Waals surface area contributed by atoms with E-state index in [9.17, 15) is 8.42 Å². The number of rotatable bonds is 4. The van der Waals surface area contributed by atoms with Gasteiger partial charge in [-0.2, -0.15) is 0 Å². The summed E-state index contributed by atoms with van der Waals surface area (Å²) >= 11 is 0. The molecule has 2 aromatic carbocycles. The summed E-state index contributed by atoms with van der Waals surface area (Å²) in [4.78, 5) is 0.367. The third-order valence-corrected chi connectivity index (χ3v) is 6.74. The van der Waals surface area contributed by atoms with Crippen LogP contribution in [-0.2, 0) is 16.3 Å². The Balaban J connectivity index is 1.87. The van der Waals surface area contributed by atoms with E-state index in [0.29, 0.717) is 4.90 Å². The van der Waals surface area contributed by atoms with E-state index in [1.54, 1.807) is 12.1 Å². The number of sulfone groups is 1. The Kier molecular flexibility index (Phi) is 3.83. The SMILES string of the molecule is CCc1ccc([C@@H]2[C@H](N)[C@@H]2S(=O)(=O)c2ccc(C)cc2)cc1. The zero-order valence-electron chi connectivity index (χ0n) is 12.9. The first-order valence-electron chi connectivity index (χ1n) is 7.60. The molecule has 22 heavy (non-hydrogen) atoms. The molecule has 0 amide bonds. The van der Waals surface area contributed by atoms with Crippen LogP contribution in [0.5, 0.6) is 0 Å². The van der Waals surface area contributed by atoms with Gasteiger partial charge in [-0.05, 0) is 36.6 Å². The molecule has 0 unspecified atom stereocenters. The Morgan fingerprint density at radius 1 is 1.00 bits per heavy atom. The third kappa shape index (κ3) is 2.57. The molecule has 3 nitrogen and oxygen atoms in total. The van der Waals surface area contributed by atoms with Crippen molar-refractivity contribution in [2.24, 2.45) is 5.73 Å². The van der Waals surface area contributed by atoms with Crippen molar-refractivity contribution in [3.8, 4) is 0 Å². The second-order valence-electron chi connectivity index (χ2n) is 6.02. The fraction of sp³-hybridized carbons (Fsp3) is 0.333. The summed E-state index contributed by atoms with van der Waals surface area (Å²) in [6.45, 7) is 4.04. The highest BCUT2D eigenvalue weighted by Crippen LogP contribution is 2.47. The molecule has 0 spiro atoms. The van der Waals surface area contributed by atoms with Crippen LogP contribution in [-0.4, -0.2) is 19.7 Å². The van der Waals surface area contributed by atoms with Gasteiger partial charge < -0.3 is 5.73 Å². The van der Waals surface area contributed by atoms with E-state index in [-0.39, 0.29) is 12.0 Å². The molecular formula is C18H21NO2S. The monoisotopic (exact) mass is 315 g/mol. The number of benzene rings is 2. The van der Waals surface area contributed by atoms with Crippen molar-refractivity contribution in [2.45, 2.75) is 42.4 Å². The molecule has 2 aromatic rings. The van der Waals surface area contributed by atoms with E-state index < -0.39 is 15.1 Å². The van der Waals surface area contributed by atoms with E-state index in [2.05, 4.69) is 19.1 Å². The minimum Gasteiger partial charge on any atom is -0.326 e. The molecule has 1 aliphatic rings. The Labute approximate surface area is 132 Å². The van der Waals surface area contributed by atoms with Crippen LogP contribution in [0, 0.1) is 6.92 Å². The van der Waals surface area contributed by atoms with Gasteiger partial charge in [-0.3, -0.25) is 0 Å². The lowest BCUT2D eigenvalue weighted by molar-refractivity contribution is 0.593. The van der Waals surface area contributed by atoms with Crippen molar-refractivity contribution in [1.82, 2.24) is 0 Å². The van der Waals surface area contributed by atoms with Gasteiger partial charge in [0.1, 0.15) is 0 Å². The molecule has 0 aliphatic heterocycles. The van der Waals surface area contributed by atoms with Gasteiger partial charge in [0, 0.05) is 12.0 Å². The highest BCUT2D eigenvalue weighted by molar-refractivity contribution is 7.92. The Morgan fingerprint density at radius 3 is 2.14 bits per heavy atom. The van der Waals surface area contributed by atoms with Crippen LogP contribution in [0.25, 0.3) is 0 Å². The zero-order valence-corrected chi connectivity index (χ0v) is 13.7. The molecule has 1 aliphatic carbocycles. The van der Waals surface area contributed by atoms with Crippen molar-refractivity contribution < 1.29 is 8.42 Å². The lowest BCUT2D eigenvalue weighted by atomic mass is 10.1. The number of hydrogen-bond donors (Lipinski definition) is 1. The second-order valence-corrected chi connectivity index (χ2v) is 8.13. The van der Waals surface area contributed by atoms with Gasteiger partial charge in [0.2, 0.25) is 0 Å². The molecule has 0 radical (unpaired) electrons. The minimum absolute atomic E-state index is 0.0998. The molecule has 1 fully saturated rings. The van der Waals surface area contributed by atoms with E-state index in [4.69, 9.17) is 5.73 Å². The van der Waals surface area contributed by atoms with Crippen LogP contribution in [0.4, 0.5) is 0 Å². The molecule has 116 valence electrons. The van der Waals surface area contributed by atoms with Gasteiger partial charge in [0.15, 0.2) is 9.84 Å². The predicted molar refractivity (Wildman–Crippen MR) is 88.7 cm³/mol. The summed E-state index contributed by atoms with van der Waals surface area (Å²) in [5.41, 5.74) is 9.40. The first kappa shape index (κ1) is 15.3. The largest absolute Gasteiger partial charge is 0.326 e. The molecule has 0 bridgehead atoms. The van der Waals surface area contributed by atoms with Crippen LogP contribution in [0.15, 0.2) is 53.4 Å². The first-order valence-corrected chi connectivity index (χ1v) is 9.14. The average Bonchev–Trinajstić information content (AvgIpc) is 3.20. The number of hydrogen-bond acceptors (Lipinski definition) is 3. The Morgan fingerprint density at radius 2 is 1.59 bits per heavy atom. The first-order chi connectivity index (χ1) is 10.4. The normalized spacial score (nSPS) is 24.2. The zero-order chi connectivity index (χ0) is 15.9. The Bertz CT molecular complexity index is 764. The summed E-state index contributed by atoms with van der Waals surface area (Å²) in [5, 5.41) is -0.511. The maximum Gasteiger partial charge on any atom is 0.183 e. The second kappa shape index (κ2) is 5.52. The van der Waals surface area contributed by atoms with E-state index in [1.807, 2.05) is 31.2 Å². The summed E-state index contributed by atoms with van der Waals surface area (Å²) in [6, 6.07) is 14.8. The van der Waals surface area contributed by atoms with Crippen LogP contribution in [0.3, 0.4) is 0 Å². The number of nitrogens with two attached hydrogens (primary N) is 1. The highest BCUT2D eigenvalue weighted by atomic mass is 32.2. The van der Waals surface area contributed by atoms with E-state index in [1.165, 1.54) is 5.56 Å². The van der Waals surface area contributed by atoms with Crippen LogP contribution in [0.1, 0.15) is 29.5 Å². The van der Waals surface area contributed by atoms with Gasteiger partial charge >= 0.3 is 0 Å². The molecular weight excluding hydrogens is 294 g/mol. The average molecular weight is 315 g/mol. The third-order valence-electron chi connectivity index (χ3n) is 4.49. The standard InChI is InChI=1S/C18H21NO2S/c1-3-13-6-8-14(9-7-13)16-17(19)18(16)22(20,21)15-10-4-12(2)5-11-15/h4-11,16-18H,3,19H2,1-2H3/t16-,17+,18-/m1/s1. The highest BCUT2D eigenvalue weighted by Gasteiger charge is 2.57. The summed E-state index contributed by atoms with van der Waals surface area (Å²) < 4.78 is 25.5. The van der Waals surface area contributed by atoms with Crippen LogP contribution < -0.4 is 5.73 Å². The molecule has 0 saturated heterocycles. The van der Waals surface area contributed by atoms with Crippen molar-refractivity contribution in [2.75, 3.05) is 0 Å². The van der Waals surface area contributed by atoms with Crippen molar-refractivity contribution in [3.63, 3.8) is 0 Å². The minimum atomic E-state index is -3.37. The number of aryl methyl sites for hydroxylation is 2. The van der Waals surface area contributed by atoms with Gasteiger partial charge in [-0.15, -0.1) is 0 Å². The topological polar surface area (TPSA) is 60.2 Å². The van der Waals surface area contributed by atoms with E-state index in [0.717, 1.165) is 17.5 Å². The van der Waals surface area contributed by atoms with Crippen molar-refractivity contribution >= 4 is 9.84 Å². The summed E-state index contributed by atoms with van der Waals surface area (Å²) in [7, 11) is -3.37. The molecule has 3 rings (SSSR count). The van der Waals surface area contributed by atoms with Crippen molar-refractivity contribution in [1.29, 1.82) is 0 Å². The lowest BCUT2D eigenvalue weighted by Gasteiger charge is -2.05. The molecule has 3 atom stereocenters. The quantitative estimate of drug-likeness (QED) is 0.944. The fourth-order valence-electron chi connectivity index (χ4n) is 2.98. The molecule has 0 heterocycles. The molecule has 2 N–H and O–H groups in total. The van der Waals surface area contributed by atoms with Crippen LogP contribution in [0.2, 0.25) is 0 Å². The predicted octanol–water partition coefficient (Wildman–Crippen LogP) is 2.82. The van der Waals surface area contributed by atoms with Gasteiger partial charge in [-0.1, -0.05) is 48.9 Å². The molecule has 1 saturated carbocycles. The van der Waals surface area contributed by atoms with Gasteiger partial charge in [0.25, 0.3) is 0 Å². The fourth-order valence-corrected chi connectivity index (χ4v) is 5.02. The lowest BCUT2D eigenvalue weighted by Crippen LogP contribution is -2.15. The summed E-state index contributed by atoms with van der Waals surface area (Å²) in [6.07, 6.45) is 0.974. The van der Waals surface area contributed by atoms with Gasteiger partial charge in [-0.25, -0.2) is 8.42 Å².